The Morgan fingerprint density at radius 2 is 0.611 bits per heavy atom. The number of rotatable bonds is 0. The van der Waals surface area contributed by atoms with Crippen LogP contribution in [-0.4, -0.2) is 9.13 Å². The van der Waals surface area contributed by atoms with Gasteiger partial charge in [0.15, 0.2) is 0 Å². The maximum absolute atomic E-state index is 13.3. The van der Waals surface area contributed by atoms with Crippen LogP contribution in [0.5, 0.6) is 0 Å². The molecule has 6 nitrogen and oxygen atoms in total. The van der Waals surface area contributed by atoms with E-state index in [1.54, 1.807) is 0 Å². The molecule has 0 atom stereocenters. The van der Waals surface area contributed by atoms with E-state index in [0.717, 1.165) is 64.6 Å². The van der Waals surface area contributed by atoms with Crippen molar-refractivity contribution in [1.29, 1.82) is 0 Å². The second-order valence-corrected chi connectivity index (χ2v) is 9.99. The van der Waals surface area contributed by atoms with Gasteiger partial charge in [0.2, 0.25) is 0 Å². The van der Waals surface area contributed by atoms with E-state index in [2.05, 4.69) is 0 Å². The maximum atomic E-state index is 13.3. The molecule has 9 rings (SSSR count). The van der Waals surface area contributed by atoms with E-state index in [-0.39, 0.29) is 22.2 Å². The second-order valence-electron chi connectivity index (χ2n) is 9.99. The first-order valence-electron chi connectivity index (χ1n) is 11.7. The molecule has 0 saturated carbocycles. The molecule has 0 bridgehead atoms. The lowest BCUT2D eigenvalue weighted by atomic mass is 9.80. The third kappa shape index (κ3) is 1.63. The number of nitrogens with zero attached hydrogens (tertiary/aromatic N) is 2. The first kappa shape index (κ1) is 18.5. The lowest BCUT2D eigenvalue weighted by molar-refractivity contribution is 0.857. The van der Waals surface area contributed by atoms with Gasteiger partial charge in [-0.2, -0.15) is 0 Å². The Hall–Kier alpha value is -4.84. The van der Waals surface area contributed by atoms with E-state index in [9.17, 15) is 19.2 Å². The minimum atomic E-state index is -0.302. The average molecular weight is 466 g/mol. The van der Waals surface area contributed by atoms with Gasteiger partial charge in [-0.25, -0.2) is 0 Å². The van der Waals surface area contributed by atoms with Crippen molar-refractivity contribution in [3.63, 3.8) is 0 Å². The Labute approximate surface area is 199 Å². The molecule has 2 heterocycles. The minimum Gasteiger partial charge on any atom is -0.277 e. The maximum Gasteiger partial charge on any atom is 0.261 e. The van der Waals surface area contributed by atoms with Crippen molar-refractivity contribution in [2.45, 2.75) is 0 Å². The first-order chi connectivity index (χ1) is 17.4. The van der Waals surface area contributed by atoms with Gasteiger partial charge < -0.3 is 0 Å². The summed E-state index contributed by atoms with van der Waals surface area (Å²) < 4.78 is 2.37. The van der Waals surface area contributed by atoms with Crippen LogP contribution in [-0.2, 0) is 14.1 Å². The molecular weight excluding hydrogens is 452 g/mol. The highest BCUT2D eigenvalue weighted by molar-refractivity contribution is 6.50. The predicted octanol–water partition coefficient (Wildman–Crippen LogP) is 4.22. The molecule has 0 saturated heterocycles. The van der Waals surface area contributed by atoms with Gasteiger partial charge in [0.1, 0.15) is 0 Å². The molecule has 0 unspecified atom stereocenters. The largest absolute Gasteiger partial charge is 0.277 e. The molecule has 0 N–H and O–H groups in total. The highest BCUT2D eigenvalue weighted by Crippen LogP contribution is 2.51. The van der Waals surface area contributed by atoms with Crippen molar-refractivity contribution in [2.75, 3.05) is 0 Å². The molecule has 168 valence electrons. The fraction of sp³-hybridized carbons (Fsp3) is 0.0667. The molecule has 0 radical (unpaired) electrons. The van der Waals surface area contributed by atoms with Gasteiger partial charge in [-0.05, 0) is 64.6 Å². The van der Waals surface area contributed by atoms with Crippen LogP contribution in [0.4, 0.5) is 0 Å². The smallest absolute Gasteiger partial charge is 0.261 e. The fourth-order valence-corrected chi connectivity index (χ4v) is 6.99. The molecule has 7 aromatic carbocycles. The summed E-state index contributed by atoms with van der Waals surface area (Å²) in [5.41, 5.74) is -1.21. The van der Waals surface area contributed by atoms with Gasteiger partial charge in [0, 0.05) is 14.1 Å². The normalized spacial score (nSPS) is 13.2. The predicted molar refractivity (Wildman–Crippen MR) is 145 cm³/mol. The van der Waals surface area contributed by atoms with Crippen LogP contribution in [0.1, 0.15) is 0 Å². The standard InChI is InChI=1S/C30H14N2O4/c1-31-27(33)23-13-7-3-11-5-9-15-21-17(11)19(13)20-14(24(23)28(31)34)8-4-12-6-10-16(22(21)18(12)20)26-25(15)29(35)32(2)30(26)36/h3-10H,1-2H3. The van der Waals surface area contributed by atoms with E-state index in [0.29, 0.717) is 21.5 Å². The van der Waals surface area contributed by atoms with Gasteiger partial charge in [-0.3, -0.25) is 28.3 Å². The molecule has 0 fully saturated rings. The Morgan fingerprint density at radius 3 is 0.861 bits per heavy atom. The summed E-state index contributed by atoms with van der Waals surface area (Å²) in [6.45, 7) is 0. The Balaban J connectivity index is 1.85. The molecule has 0 aliphatic carbocycles. The van der Waals surface area contributed by atoms with Gasteiger partial charge in [0.25, 0.3) is 22.2 Å². The molecule has 0 amide bonds. The Kier molecular flexibility index (Phi) is 2.75. The van der Waals surface area contributed by atoms with E-state index < -0.39 is 0 Å². The molecule has 9 aromatic rings. The van der Waals surface area contributed by atoms with E-state index in [1.807, 2.05) is 48.5 Å². The lowest BCUT2D eigenvalue weighted by Crippen LogP contribution is -2.21. The van der Waals surface area contributed by atoms with Crippen LogP contribution in [0.25, 0.3) is 86.2 Å². The average Bonchev–Trinajstić information content (AvgIpc) is 3.27. The van der Waals surface area contributed by atoms with Crippen molar-refractivity contribution in [1.82, 2.24) is 9.13 Å². The quantitative estimate of drug-likeness (QED) is 0.248. The summed E-state index contributed by atoms with van der Waals surface area (Å²) in [6, 6.07) is 15.7. The zero-order valence-electron chi connectivity index (χ0n) is 19.1. The zero-order valence-corrected chi connectivity index (χ0v) is 19.1. The van der Waals surface area contributed by atoms with Gasteiger partial charge in [-0.1, -0.05) is 48.5 Å². The highest BCUT2D eigenvalue weighted by Gasteiger charge is 2.28. The SMILES string of the molecule is Cn1c(=O)c2c3ccc4ccc5c6c(=O)n(C)c(=O)c6c6ccc7ccc(c2c1=O)c1c7c6c5c4c31. The Bertz CT molecular complexity index is 2320. The molecule has 0 aliphatic heterocycles. The third-order valence-corrected chi connectivity index (χ3v) is 8.52. The molecule has 2 aromatic heterocycles. The summed E-state index contributed by atoms with van der Waals surface area (Å²) in [5, 5.41) is 12.3. The summed E-state index contributed by atoms with van der Waals surface area (Å²) >= 11 is 0. The van der Waals surface area contributed by atoms with Crippen molar-refractivity contribution in [3.8, 4) is 0 Å². The summed E-state index contributed by atoms with van der Waals surface area (Å²) in [5.74, 6) is 0. The van der Waals surface area contributed by atoms with Crippen LogP contribution in [0.3, 0.4) is 0 Å². The summed E-state index contributed by atoms with van der Waals surface area (Å²) in [4.78, 5) is 53.1. The van der Waals surface area contributed by atoms with E-state index in [1.165, 1.54) is 23.2 Å². The van der Waals surface area contributed by atoms with E-state index in [4.69, 9.17) is 0 Å². The molecule has 0 aliphatic rings. The fourth-order valence-electron chi connectivity index (χ4n) is 6.99. The highest BCUT2D eigenvalue weighted by atomic mass is 16.2. The number of fused-ring (bicyclic) bond motifs is 6. The van der Waals surface area contributed by atoms with E-state index >= 15 is 0 Å². The van der Waals surface area contributed by atoms with Gasteiger partial charge in [-0.15, -0.1) is 0 Å². The third-order valence-electron chi connectivity index (χ3n) is 8.52. The molecular formula is C30H14N2O4. The van der Waals surface area contributed by atoms with Gasteiger partial charge >= 0.3 is 0 Å². The topological polar surface area (TPSA) is 78.1 Å². The van der Waals surface area contributed by atoms with Crippen molar-refractivity contribution < 1.29 is 0 Å². The van der Waals surface area contributed by atoms with Crippen molar-refractivity contribution in [2.24, 2.45) is 14.1 Å². The number of hydrogen-bond acceptors (Lipinski definition) is 4. The Morgan fingerprint density at radius 1 is 0.361 bits per heavy atom. The monoisotopic (exact) mass is 466 g/mol. The van der Waals surface area contributed by atoms with Crippen molar-refractivity contribution in [3.05, 3.63) is 89.9 Å². The number of aromatic nitrogens is 2. The van der Waals surface area contributed by atoms with Crippen LogP contribution >= 0.6 is 0 Å². The van der Waals surface area contributed by atoms with Crippen LogP contribution in [0.2, 0.25) is 0 Å². The molecule has 0 spiro atoms. The van der Waals surface area contributed by atoms with Crippen molar-refractivity contribution >= 4 is 86.2 Å². The second kappa shape index (κ2) is 5.36. The summed E-state index contributed by atoms with van der Waals surface area (Å²) in [7, 11) is 3.04. The summed E-state index contributed by atoms with van der Waals surface area (Å²) in [6.07, 6.45) is 0. The van der Waals surface area contributed by atoms with Gasteiger partial charge in [0.05, 0.1) is 21.5 Å². The minimum absolute atomic E-state index is 0.302. The van der Waals surface area contributed by atoms with Crippen LogP contribution < -0.4 is 22.2 Å². The molecule has 36 heavy (non-hydrogen) atoms. The lowest BCUT2D eigenvalue weighted by Gasteiger charge is -2.21. The van der Waals surface area contributed by atoms with Crippen LogP contribution in [0, 0.1) is 0 Å². The van der Waals surface area contributed by atoms with Crippen LogP contribution in [0.15, 0.2) is 67.7 Å². The number of benzene rings is 7. The zero-order chi connectivity index (χ0) is 24.4. The molecule has 6 heteroatoms. The number of hydrogen-bond donors (Lipinski definition) is 0. The first-order valence-corrected chi connectivity index (χ1v) is 11.7.